The number of hydrogen-bond donors (Lipinski definition) is 0. The topological polar surface area (TPSA) is 16.1 Å². The molecule has 2 nitrogen and oxygen atoms in total. The Balaban J connectivity index is 2.21. The Bertz CT molecular complexity index is 388. The molecule has 0 amide bonds. The molecule has 5 heteroatoms. The standard InChI is InChI=1S/C12H15Cl3N2/c13-9-8-10(14)12(16-11(9)15)17-6-4-2-1-3-5-7-17/h8H,1-7H2. The molecule has 1 aromatic rings. The van der Waals surface area contributed by atoms with Crippen LogP contribution in [-0.4, -0.2) is 18.1 Å². The summed E-state index contributed by atoms with van der Waals surface area (Å²) >= 11 is 18.0. The molecular weight excluding hydrogens is 279 g/mol. The van der Waals surface area contributed by atoms with Crippen molar-refractivity contribution in [3.63, 3.8) is 0 Å². The number of nitrogens with zero attached hydrogens (tertiary/aromatic N) is 2. The molecule has 0 N–H and O–H groups in total. The zero-order chi connectivity index (χ0) is 12.3. The second-order valence-corrected chi connectivity index (χ2v) is 5.49. The molecule has 0 atom stereocenters. The van der Waals surface area contributed by atoms with Crippen LogP contribution in [-0.2, 0) is 0 Å². The SMILES string of the molecule is Clc1cc(Cl)c(N2CCCCCCC2)nc1Cl. The van der Waals surface area contributed by atoms with Gasteiger partial charge in [0.15, 0.2) is 0 Å². The summed E-state index contributed by atoms with van der Waals surface area (Å²) in [6, 6.07) is 1.67. The van der Waals surface area contributed by atoms with Crippen molar-refractivity contribution in [2.75, 3.05) is 18.0 Å². The highest BCUT2D eigenvalue weighted by Gasteiger charge is 2.15. The summed E-state index contributed by atoms with van der Waals surface area (Å²) in [6.45, 7) is 1.98. The zero-order valence-electron chi connectivity index (χ0n) is 9.56. The fraction of sp³-hybridized carbons (Fsp3) is 0.583. The van der Waals surface area contributed by atoms with Gasteiger partial charge in [0.25, 0.3) is 0 Å². The van der Waals surface area contributed by atoms with Crippen LogP contribution >= 0.6 is 34.8 Å². The van der Waals surface area contributed by atoms with E-state index in [1.165, 1.54) is 32.1 Å². The summed E-state index contributed by atoms with van der Waals surface area (Å²) in [4.78, 5) is 6.51. The number of hydrogen-bond acceptors (Lipinski definition) is 2. The van der Waals surface area contributed by atoms with Gasteiger partial charge in [0.1, 0.15) is 11.0 Å². The van der Waals surface area contributed by atoms with Gasteiger partial charge in [-0.05, 0) is 18.9 Å². The number of anilines is 1. The molecule has 0 radical (unpaired) electrons. The van der Waals surface area contributed by atoms with Crippen molar-refractivity contribution in [1.82, 2.24) is 4.98 Å². The summed E-state index contributed by atoms with van der Waals surface area (Å²) in [5, 5.41) is 1.32. The van der Waals surface area contributed by atoms with Crippen molar-refractivity contribution in [3.05, 3.63) is 21.3 Å². The Labute approximate surface area is 117 Å². The van der Waals surface area contributed by atoms with Crippen LogP contribution in [0.1, 0.15) is 32.1 Å². The summed E-state index contributed by atoms with van der Waals surface area (Å²) in [5.41, 5.74) is 0. The third-order valence-electron chi connectivity index (χ3n) is 3.02. The third kappa shape index (κ3) is 3.40. The van der Waals surface area contributed by atoms with Crippen LogP contribution < -0.4 is 4.90 Å². The number of rotatable bonds is 1. The van der Waals surface area contributed by atoms with Gasteiger partial charge in [0, 0.05) is 13.1 Å². The van der Waals surface area contributed by atoms with Crippen LogP contribution in [0.25, 0.3) is 0 Å². The minimum atomic E-state index is 0.327. The van der Waals surface area contributed by atoms with E-state index in [2.05, 4.69) is 9.88 Å². The molecule has 0 spiro atoms. The molecule has 0 aliphatic carbocycles. The molecule has 1 aromatic heterocycles. The van der Waals surface area contributed by atoms with Crippen molar-refractivity contribution in [2.45, 2.75) is 32.1 Å². The van der Waals surface area contributed by atoms with Crippen molar-refractivity contribution >= 4 is 40.6 Å². The van der Waals surface area contributed by atoms with E-state index in [1.807, 2.05) is 0 Å². The van der Waals surface area contributed by atoms with Gasteiger partial charge < -0.3 is 4.90 Å². The first-order valence-electron chi connectivity index (χ1n) is 5.95. The molecule has 0 bridgehead atoms. The minimum absolute atomic E-state index is 0.327. The zero-order valence-corrected chi connectivity index (χ0v) is 11.8. The van der Waals surface area contributed by atoms with E-state index >= 15 is 0 Å². The molecule has 1 aliphatic rings. The quantitative estimate of drug-likeness (QED) is 0.691. The van der Waals surface area contributed by atoms with Crippen LogP contribution in [0.4, 0.5) is 5.82 Å². The van der Waals surface area contributed by atoms with Crippen LogP contribution in [0.3, 0.4) is 0 Å². The number of pyridine rings is 1. The van der Waals surface area contributed by atoms with Gasteiger partial charge >= 0.3 is 0 Å². The molecule has 17 heavy (non-hydrogen) atoms. The molecule has 94 valence electrons. The molecule has 0 aromatic carbocycles. The van der Waals surface area contributed by atoms with Gasteiger partial charge in [-0.25, -0.2) is 4.98 Å². The van der Waals surface area contributed by atoms with Crippen molar-refractivity contribution < 1.29 is 0 Å². The lowest BCUT2D eigenvalue weighted by atomic mass is 10.1. The van der Waals surface area contributed by atoms with E-state index in [0.29, 0.717) is 15.2 Å². The van der Waals surface area contributed by atoms with Gasteiger partial charge in [-0.3, -0.25) is 0 Å². The Morgan fingerprint density at radius 1 is 0.882 bits per heavy atom. The largest absolute Gasteiger partial charge is 0.355 e. The summed E-state index contributed by atoms with van der Waals surface area (Å²) < 4.78 is 0. The predicted molar refractivity (Wildman–Crippen MR) is 74.6 cm³/mol. The van der Waals surface area contributed by atoms with E-state index in [-0.39, 0.29) is 0 Å². The monoisotopic (exact) mass is 292 g/mol. The first-order valence-corrected chi connectivity index (χ1v) is 7.08. The maximum Gasteiger partial charge on any atom is 0.150 e. The molecule has 2 heterocycles. The van der Waals surface area contributed by atoms with Crippen molar-refractivity contribution in [3.8, 4) is 0 Å². The van der Waals surface area contributed by atoms with Crippen LogP contribution in [0, 0.1) is 0 Å². The average Bonchev–Trinajstić information content (AvgIpc) is 2.24. The fourth-order valence-electron chi connectivity index (χ4n) is 2.12. The summed E-state index contributed by atoms with van der Waals surface area (Å²) in [6.07, 6.45) is 6.23. The molecule has 1 fully saturated rings. The normalized spacial score (nSPS) is 17.7. The van der Waals surface area contributed by atoms with Crippen molar-refractivity contribution in [2.24, 2.45) is 0 Å². The van der Waals surface area contributed by atoms with Gasteiger partial charge in [0.2, 0.25) is 0 Å². The molecule has 1 aliphatic heterocycles. The summed E-state index contributed by atoms with van der Waals surface area (Å²) in [7, 11) is 0. The Morgan fingerprint density at radius 2 is 1.47 bits per heavy atom. The van der Waals surface area contributed by atoms with Gasteiger partial charge in [0.05, 0.1) is 10.0 Å². The maximum absolute atomic E-state index is 6.18. The molecule has 1 saturated heterocycles. The van der Waals surface area contributed by atoms with E-state index in [1.54, 1.807) is 6.07 Å². The minimum Gasteiger partial charge on any atom is -0.355 e. The highest BCUT2D eigenvalue weighted by atomic mass is 35.5. The molecular formula is C12H15Cl3N2. The van der Waals surface area contributed by atoms with Crippen LogP contribution in [0.15, 0.2) is 6.07 Å². The lowest BCUT2D eigenvalue weighted by molar-refractivity contribution is 0.554. The van der Waals surface area contributed by atoms with E-state index < -0.39 is 0 Å². The van der Waals surface area contributed by atoms with Gasteiger partial charge in [-0.2, -0.15) is 0 Å². The summed E-state index contributed by atoms with van der Waals surface area (Å²) in [5.74, 6) is 0.767. The first-order chi connectivity index (χ1) is 8.18. The van der Waals surface area contributed by atoms with Crippen LogP contribution in [0.5, 0.6) is 0 Å². The highest BCUT2D eigenvalue weighted by molar-refractivity contribution is 6.42. The average molecular weight is 294 g/mol. The maximum atomic E-state index is 6.18. The highest BCUT2D eigenvalue weighted by Crippen LogP contribution is 2.32. The fourth-order valence-corrected chi connectivity index (χ4v) is 2.73. The Kier molecular flexibility index (Phi) is 4.78. The second-order valence-electron chi connectivity index (χ2n) is 4.32. The van der Waals surface area contributed by atoms with Crippen LogP contribution in [0.2, 0.25) is 15.2 Å². The van der Waals surface area contributed by atoms with E-state index in [4.69, 9.17) is 34.8 Å². The van der Waals surface area contributed by atoms with Crippen molar-refractivity contribution in [1.29, 1.82) is 0 Å². The first kappa shape index (κ1) is 13.3. The second kappa shape index (κ2) is 6.12. The predicted octanol–water partition coefficient (Wildman–Crippen LogP) is 4.81. The Morgan fingerprint density at radius 3 is 2.12 bits per heavy atom. The lowest BCUT2D eigenvalue weighted by Gasteiger charge is -2.26. The van der Waals surface area contributed by atoms with Gasteiger partial charge in [-0.15, -0.1) is 0 Å². The molecule has 0 saturated carbocycles. The number of halogens is 3. The lowest BCUT2D eigenvalue weighted by Crippen LogP contribution is -2.28. The van der Waals surface area contributed by atoms with Gasteiger partial charge in [-0.1, -0.05) is 54.1 Å². The molecule has 2 rings (SSSR count). The third-order valence-corrected chi connectivity index (χ3v) is 3.97. The van der Waals surface area contributed by atoms with E-state index in [9.17, 15) is 0 Å². The Hall–Kier alpha value is -0.180. The van der Waals surface area contributed by atoms with E-state index in [0.717, 1.165) is 18.9 Å². The number of aromatic nitrogens is 1. The smallest absolute Gasteiger partial charge is 0.150 e. The molecule has 0 unspecified atom stereocenters.